The van der Waals surface area contributed by atoms with Crippen LogP contribution in [0.2, 0.25) is 0 Å². The molecule has 37 valence electrons. The fraction of sp³-hybridized carbons (Fsp3) is 0. The van der Waals surface area contributed by atoms with E-state index in [1.54, 1.807) is 23.8 Å². The van der Waals surface area contributed by atoms with E-state index in [0.717, 1.165) is 0 Å². The van der Waals surface area contributed by atoms with E-state index in [4.69, 9.17) is 0 Å². The van der Waals surface area contributed by atoms with Crippen molar-refractivity contribution in [2.24, 2.45) is 0 Å². The molecule has 0 unspecified atom stereocenters. The zero-order chi connectivity index (χ0) is 4.41. The molecular weight excluding hydrogens is 146 g/mol. The largest absolute Gasteiger partial charge is 0.318 e. The molecule has 1 nitrogen and oxygen atoms in total. The Morgan fingerprint density at radius 2 is 1.57 bits per heavy atom. The smallest absolute Gasteiger partial charge is 0.118 e. The van der Waals surface area contributed by atoms with Gasteiger partial charge in [0.15, 0.2) is 0 Å². The summed E-state index contributed by atoms with van der Waals surface area (Å²) in [5.74, 6) is 3.43. The maximum atomic E-state index is 10.3. The minimum Gasteiger partial charge on any atom is -0.318 e. The molecule has 1 heterocycles. The Morgan fingerprint density at radius 3 is 1.71 bits per heavy atom. The van der Waals surface area contributed by atoms with Crippen LogP contribution in [0.25, 0.3) is 0 Å². The molecule has 0 aromatic carbocycles. The van der Waals surface area contributed by atoms with Gasteiger partial charge in [-0.15, -0.1) is 0 Å². The second-order valence-electron chi connectivity index (χ2n) is 1.12. The van der Waals surface area contributed by atoms with Crippen molar-refractivity contribution in [3.05, 3.63) is 23.8 Å². The van der Waals surface area contributed by atoms with Crippen molar-refractivity contribution in [2.45, 2.75) is 0 Å². The van der Waals surface area contributed by atoms with Crippen molar-refractivity contribution in [3.8, 4) is 0 Å². The SMILES string of the molecule is O=[PH]1C=CC=C1.[V]. The molecule has 0 spiro atoms. The number of hydrogen-bond acceptors (Lipinski definition) is 1. The van der Waals surface area contributed by atoms with Crippen molar-refractivity contribution in [2.75, 3.05) is 0 Å². The Kier molecular flexibility index (Phi) is 3.46. The molecule has 1 rings (SSSR count). The van der Waals surface area contributed by atoms with Crippen molar-refractivity contribution < 1.29 is 23.1 Å². The van der Waals surface area contributed by atoms with Gasteiger partial charge in [-0.2, -0.15) is 0 Å². The maximum absolute atomic E-state index is 10.3. The molecular formula is C4H5OPV. The molecule has 0 fully saturated rings. The zero-order valence-corrected chi connectivity index (χ0v) is 6.06. The number of rotatable bonds is 0. The molecule has 0 N–H and O–H groups in total. The molecule has 0 amide bonds. The minimum atomic E-state index is -1.37. The van der Waals surface area contributed by atoms with Crippen LogP contribution in [0.5, 0.6) is 0 Å². The van der Waals surface area contributed by atoms with Gasteiger partial charge < -0.3 is 4.57 Å². The monoisotopic (exact) mass is 151 g/mol. The average Bonchev–Trinajstić information content (AvgIpc) is 1.86. The average molecular weight is 151 g/mol. The van der Waals surface area contributed by atoms with Gasteiger partial charge in [-0.25, -0.2) is 0 Å². The third-order valence-electron chi connectivity index (χ3n) is 0.632. The van der Waals surface area contributed by atoms with E-state index in [9.17, 15) is 4.57 Å². The molecule has 3 heteroatoms. The third-order valence-corrected chi connectivity index (χ3v) is 1.67. The van der Waals surface area contributed by atoms with Gasteiger partial charge in [-0.3, -0.25) is 0 Å². The van der Waals surface area contributed by atoms with E-state index in [1.807, 2.05) is 0 Å². The van der Waals surface area contributed by atoms with E-state index in [-0.39, 0.29) is 18.6 Å². The van der Waals surface area contributed by atoms with Crippen molar-refractivity contribution >= 4 is 7.80 Å². The first-order valence-corrected chi connectivity index (χ1v) is 3.34. The summed E-state index contributed by atoms with van der Waals surface area (Å²) in [6.45, 7) is 0. The fourth-order valence-electron chi connectivity index (χ4n) is 0.356. The number of hydrogen-bond donors (Lipinski definition) is 0. The van der Waals surface area contributed by atoms with Crippen LogP contribution in [0.15, 0.2) is 23.8 Å². The maximum Gasteiger partial charge on any atom is 0.118 e. The van der Waals surface area contributed by atoms with Crippen LogP contribution in [0.3, 0.4) is 0 Å². The quantitative estimate of drug-likeness (QED) is 0.480. The Morgan fingerprint density at radius 1 is 1.14 bits per heavy atom. The predicted molar refractivity (Wildman–Crippen MR) is 27.3 cm³/mol. The summed E-state index contributed by atoms with van der Waals surface area (Å²) < 4.78 is 10.3. The van der Waals surface area contributed by atoms with Crippen LogP contribution in [0, 0.1) is 0 Å². The van der Waals surface area contributed by atoms with E-state index in [0.29, 0.717) is 0 Å². The molecule has 7 heavy (non-hydrogen) atoms. The Labute approximate surface area is 55.2 Å². The van der Waals surface area contributed by atoms with Gasteiger partial charge in [0.25, 0.3) is 0 Å². The summed E-state index contributed by atoms with van der Waals surface area (Å²) in [7, 11) is -1.37. The zero-order valence-electron chi connectivity index (χ0n) is 3.66. The van der Waals surface area contributed by atoms with Gasteiger partial charge in [-0.05, 0) is 11.6 Å². The van der Waals surface area contributed by atoms with Crippen LogP contribution in [-0.2, 0) is 23.1 Å². The second kappa shape index (κ2) is 3.32. The van der Waals surface area contributed by atoms with Gasteiger partial charge in [0.1, 0.15) is 7.80 Å². The molecule has 0 bridgehead atoms. The van der Waals surface area contributed by atoms with Gasteiger partial charge in [0.2, 0.25) is 0 Å². The molecule has 1 aliphatic heterocycles. The normalized spacial score (nSPS) is 17.1. The van der Waals surface area contributed by atoms with E-state index >= 15 is 0 Å². The first kappa shape index (κ1) is 7.29. The Balaban J connectivity index is 0.000000360. The van der Waals surface area contributed by atoms with Gasteiger partial charge >= 0.3 is 0 Å². The molecule has 1 aliphatic rings. The van der Waals surface area contributed by atoms with Crippen molar-refractivity contribution in [1.29, 1.82) is 0 Å². The van der Waals surface area contributed by atoms with Crippen molar-refractivity contribution in [1.82, 2.24) is 0 Å². The topological polar surface area (TPSA) is 17.1 Å². The van der Waals surface area contributed by atoms with Crippen molar-refractivity contribution in [3.63, 3.8) is 0 Å². The van der Waals surface area contributed by atoms with Crippen LogP contribution in [0.4, 0.5) is 0 Å². The van der Waals surface area contributed by atoms with Crippen LogP contribution >= 0.6 is 7.80 Å². The molecule has 0 aliphatic carbocycles. The molecule has 0 saturated heterocycles. The summed E-state index contributed by atoms with van der Waals surface area (Å²) in [4.78, 5) is 0. The van der Waals surface area contributed by atoms with E-state index < -0.39 is 7.80 Å². The fourth-order valence-corrected chi connectivity index (χ4v) is 1.07. The molecule has 1 radical (unpaired) electrons. The van der Waals surface area contributed by atoms with Gasteiger partial charge in [0.05, 0.1) is 0 Å². The van der Waals surface area contributed by atoms with Gasteiger partial charge in [0, 0.05) is 18.6 Å². The Hall–Kier alpha value is 0.294. The van der Waals surface area contributed by atoms with E-state index in [1.165, 1.54) is 0 Å². The second-order valence-corrected chi connectivity index (χ2v) is 2.59. The Bertz CT molecular complexity index is 114. The summed E-state index contributed by atoms with van der Waals surface area (Å²) >= 11 is 0. The first-order valence-electron chi connectivity index (χ1n) is 1.78. The van der Waals surface area contributed by atoms with Crippen LogP contribution in [0.1, 0.15) is 0 Å². The standard InChI is InChI=1S/C4H5OP.V/c5-6-3-1-2-4-6;/h1-4,6H;. The number of allylic oxidation sites excluding steroid dienone is 2. The molecule has 0 saturated carbocycles. The predicted octanol–water partition coefficient (Wildman–Crippen LogP) is 1.58. The summed E-state index contributed by atoms with van der Waals surface area (Å²) in [5.41, 5.74) is 0. The minimum absolute atomic E-state index is 0. The first-order chi connectivity index (χ1) is 2.89. The van der Waals surface area contributed by atoms with Gasteiger partial charge in [-0.1, -0.05) is 12.2 Å². The molecule has 0 atom stereocenters. The summed E-state index contributed by atoms with van der Waals surface area (Å²) in [6.07, 6.45) is 3.61. The molecule has 0 aromatic rings. The van der Waals surface area contributed by atoms with Crippen LogP contribution < -0.4 is 0 Å². The van der Waals surface area contributed by atoms with Crippen LogP contribution in [-0.4, -0.2) is 0 Å². The molecule has 0 aromatic heterocycles. The van der Waals surface area contributed by atoms with E-state index in [2.05, 4.69) is 0 Å². The summed E-state index contributed by atoms with van der Waals surface area (Å²) in [6, 6.07) is 0. The third kappa shape index (κ3) is 2.18. The summed E-state index contributed by atoms with van der Waals surface area (Å²) in [5, 5.41) is 0.